The summed E-state index contributed by atoms with van der Waals surface area (Å²) >= 11 is 0. The van der Waals surface area contributed by atoms with Gasteiger partial charge in [0, 0.05) is 26.4 Å². The summed E-state index contributed by atoms with van der Waals surface area (Å²) in [5.74, 6) is 0.249. The van der Waals surface area contributed by atoms with Crippen molar-refractivity contribution >= 4 is 14.8 Å². The van der Waals surface area contributed by atoms with E-state index in [1.807, 2.05) is 13.8 Å². The largest absolute Gasteiger partial charge is 0.419 e. The Balaban J connectivity index is 2.56. The lowest BCUT2D eigenvalue weighted by atomic mass is 10.00. The van der Waals surface area contributed by atoms with Crippen LogP contribution in [0, 0.1) is 5.92 Å². The smallest absolute Gasteiger partial charge is 0.382 e. The van der Waals surface area contributed by atoms with E-state index in [1.54, 1.807) is 20.4 Å². The zero-order chi connectivity index (χ0) is 14.3. The lowest BCUT2D eigenvalue weighted by Crippen LogP contribution is -2.31. The van der Waals surface area contributed by atoms with Gasteiger partial charge >= 0.3 is 8.60 Å². The monoisotopic (exact) mass is 293 g/mol. The average Bonchev–Trinajstić information content (AvgIpc) is 2.65. The van der Waals surface area contributed by atoms with E-state index in [4.69, 9.17) is 23.1 Å². The third-order valence-electron chi connectivity index (χ3n) is 3.07. The molecule has 1 heterocycles. The van der Waals surface area contributed by atoms with Crippen LogP contribution in [0.4, 0.5) is 0 Å². The molecule has 7 heteroatoms. The van der Waals surface area contributed by atoms with Crippen molar-refractivity contribution in [2.24, 2.45) is 11.1 Å². The summed E-state index contributed by atoms with van der Waals surface area (Å²) in [6.45, 7) is 6.59. The molecule has 5 atom stereocenters. The molecule has 0 bridgehead atoms. The highest BCUT2D eigenvalue weighted by Gasteiger charge is 2.42. The normalized spacial score (nSPS) is 32.9. The first-order valence-electron chi connectivity index (χ1n) is 6.48. The minimum absolute atomic E-state index is 0.103. The fraction of sp³-hybridized carbons (Fsp3) is 0.917. The van der Waals surface area contributed by atoms with Crippen molar-refractivity contribution in [3.8, 4) is 0 Å². The molecule has 1 fully saturated rings. The first-order valence-corrected chi connectivity index (χ1v) is 7.57. The van der Waals surface area contributed by atoms with Crippen molar-refractivity contribution in [2.75, 3.05) is 20.8 Å². The topological polar surface area (TPSA) is 58.5 Å². The van der Waals surface area contributed by atoms with Gasteiger partial charge in [-0.15, -0.1) is 0 Å². The van der Waals surface area contributed by atoms with Gasteiger partial charge in [0.2, 0.25) is 0 Å². The Hall–Kier alpha value is -0.260. The van der Waals surface area contributed by atoms with Crippen LogP contribution >= 0.6 is 8.60 Å². The maximum atomic E-state index is 5.86. The molecule has 1 rings (SSSR count). The summed E-state index contributed by atoms with van der Waals surface area (Å²) in [7, 11) is 1.69. The first kappa shape index (κ1) is 16.8. The molecule has 1 aliphatic rings. The van der Waals surface area contributed by atoms with Crippen LogP contribution in [0.3, 0.4) is 0 Å². The van der Waals surface area contributed by atoms with Gasteiger partial charge in [0.05, 0.1) is 12.7 Å². The molecule has 0 amide bonds. The minimum Gasteiger partial charge on any atom is -0.382 e. The Morgan fingerprint density at radius 1 is 1.32 bits per heavy atom. The predicted molar refractivity (Wildman–Crippen MR) is 74.0 cm³/mol. The second-order valence-corrected chi connectivity index (χ2v) is 5.63. The SMILES string of the molecule is CC/C=N/OP(OC)O[C@@H]1C(C)[C@H](C)O[C@@H]1COC. The molecular formula is C12H24NO5P. The number of rotatable bonds is 8. The maximum absolute atomic E-state index is 5.86. The molecule has 2 unspecified atom stereocenters. The zero-order valence-corrected chi connectivity index (χ0v) is 13.1. The van der Waals surface area contributed by atoms with Crippen molar-refractivity contribution in [1.29, 1.82) is 0 Å². The number of nitrogens with zero attached hydrogens (tertiary/aromatic N) is 1. The summed E-state index contributed by atoms with van der Waals surface area (Å²) in [4.78, 5) is 0. The van der Waals surface area contributed by atoms with E-state index in [2.05, 4.69) is 12.1 Å². The molecule has 1 aliphatic heterocycles. The second kappa shape index (κ2) is 8.82. The second-order valence-electron chi connectivity index (χ2n) is 4.45. The van der Waals surface area contributed by atoms with E-state index >= 15 is 0 Å². The van der Waals surface area contributed by atoms with Gasteiger partial charge < -0.3 is 18.6 Å². The molecule has 19 heavy (non-hydrogen) atoms. The van der Waals surface area contributed by atoms with Gasteiger partial charge in [0.25, 0.3) is 0 Å². The molecule has 0 aliphatic carbocycles. The van der Waals surface area contributed by atoms with Gasteiger partial charge in [-0.2, -0.15) is 0 Å². The van der Waals surface area contributed by atoms with Gasteiger partial charge in [-0.25, -0.2) is 0 Å². The number of ether oxygens (including phenoxy) is 2. The maximum Gasteiger partial charge on any atom is 0.419 e. The number of hydrogen-bond donors (Lipinski definition) is 0. The molecule has 0 saturated carbocycles. The molecule has 0 aromatic heterocycles. The van der Waals surface area contributed by atoms with Gasteiger partial charge in [-0.1, -0.05) is 19.0 Å². The summed E-state index contributed by atoms with van der Waals surface area (Å²) in [5.41, 5.74) is 0. The Morgan fingerprint density at radius 2 is 2.05 bits per heavy atom. The van der Waals surface area contributed by atoms with Crippen LogP contribution in [-0.4, -0.2) is 45.4 Å². The van der Waals surface area contributed by atoms with Crippen LogP contribution < -0.4 is 0 Å². The third-order valence-corrected chi connectivity index (χ3v) is 4.01. The van der Waals surface area contributed by atoms with Crippen molar-refractivity contribution in [1.82, 2.24) is 0 Å². The lowest BCUT2D eigenvalue weighted by molar-refractivity contribution is -0.0269. The average molecular weight is 293 g/mol. The van der Waals surface area contributed by atoms with E-state index in [1.165, 1.54) is 0 Å². The van der Waals surface area contributed by atoms with Crippen molar-refractivity contribution in [3.63, 3.8) is 0 Å². The molecule has 1 saturated heterocycles. The van der Waals surface area contributed by atoms with E-state index < -0.39 is 8.60 Å². The van der Waals surface area contributed by atoms with Crippen molar-refractivity contribution in [3.05, 3.63) is 0 Å². The van der Waals surface area contributed by atoms with Crippen LogP contribution in [-0.2, 0) is 23.1 Å². The number of methoxy groups -OCH3 is 1. The van der Waals surface area contributed by atoms with Crippen LogP contribution in [0.5, 0.6) is 0 Å². The van der Waals surface area contributed by atoms with E-state index in [-0.39, 0.29) is 24.2 Å². The summed E-state index contributed by atoms with van der Waals surface area (Å²) in [6, 6.07) is 0. The van der Waals surface area contributed by atoms with Crippen molar-refractivity contribution in [2.45, 2.75) is 45.5 Å². The quantitative estimate of drug-likeness (QED) is 0.391. The highest BCUT2D eigenvalue weighted by molar-refractivity contribution is 7.41. The molecular weight excluding hydrogens is 269 g/mol. The zero-order valence-electron chi connectivity index (χ0n) is 12.2. The Morgan fingerprint density at radius 3 is 2.63 bits per heavy atom. The summed E-state index contributed by atoms with van der Waals surface area (Å²) in [6.07, 6.45) is 2.38. The Bertz CT molecular complexity index is 279. The Labute approximate surface area is 116 Å². The van der Waals surface area contributed by atoms with E-state index in [0.29, 0.717) is 6.61 Å². The summed E-state index contributed by atoms with van der Waals surface area (Å²) < 4.78 is 27.2. The molecule has 6 nitrogen and oxygen atoms in total. The molecule has 0 N–H and O–H groups in total. The van der Waals surface area contributed by atoms with E-state index in [0.717, 1.165) is 6.42 Å². The van der Waals surface area contributed by atoms with Gasteiger partial charge in [-0.05, 0) is 13.3 Å². The van der Waals surface area contributed by atoms with Gasteiger partial charge in [0.15, 0.2) is 0 Å². The highest BCUT2D eigenvalue weighted by atomic mass is 31.2. The van der Waals surface area contributed by atoms with E-state index in [9.17, 15) is 0 Å². The van der Waals surface area contributed by atoms with Crippen LogP contribution in [0.2, 0.25) is 0 Å². The summed E-state index contributed by atoms with van der Waals surface area (Å²) in [5, 5.41) is 3.80. The number of hydrogen-bond acceptors (Lipinski definition) is 6. The predicted octanol–water partition coefficient (Wildman–Crippen LogP) is 2.73. The molecule has 0 aromatic carbocycles. The first-order chi connectivity index (χ1) is 9.13. The number of oxime groups is 1. The Kier molecular flexibility index (Phi) is 7.80. The van der Waals surface area contributed by atoms with Crippen LogP contribution in [0.15, 0.2) is 5.16 Å². The van der Waals surface area contributed by atoms with Gasteiger partial charge in [-0.3, -0.25) is 4.52 Å². The van der Waals surface area contributed by atoms with Crippen LogP contribution in [0.1, 0.15) is 27.2 Å². The molecule has 0 aromatic rings. The fourth-order valence-corrected chi connectivity index (χ4v) is 2.75. The molecule has 0 radical (unpaired) electrons. The fourth-order valence-electron chi connectivity index (χ4n) is 1.89. The standard InChI is InChI=1S/C12H24NO5P/c1-6-7-13-18-19(15-5)17-12-9(2)10(3)16-11(12)8-14-4/h7,9-12H,6,8H2,1-5H3/b13-7+/t9?,10-,11+,12+,19?/m0/s1. The van der Waals surface area contributed by atoms with Crippen LogP contribution in [0.25, 0.3) is 0 Å². The lowest BCUT2D eigenvalue weighted by Gasteiger charge is -2.23. The van der Waals surface area contributed by atoms with Crippen molar-refractivity contribution < 1.29 is 23.1 Å². The third kappa shape index (κ3) is 4.97. The highest BCUT2D eigenvalue weighted by Crippen LogP contribution is 2.45. The molecule has 0 spiro atoms. The molecule has 112 valence electrons. The van der Waals surface area contributed by atoms with Gasteiger partial charge in [0.1, 0.15) is 12.2 Å². The minimum atomic E-state index is -1.50.